The average molecular weight is 222 g/mol. The molecule has 5 nitrogen and oxygen atoms in total. The second kappa shape index (κ2) is 5.46. The molecular weight excluding hydrogens is 215 g/mol. The first kappa shape index (κ1) is 11.7. The Morgan fingerprint density at radius 3 is 2.56 bits per heavy atom. The van der Waals surface area contributed by atoms with Gasteiger partial charge in [0.2, 0.25) is 0 Å². The third-order valence-electron chi connectivity index (χ3n) is 1.52. The first-order valence-electron chi connectivity index (χ1n) is 4.26. The van der Waals surface area contributed by atoms with E-state index in [2.05, 4.69) is 10.1 Å². The Kier molecular flexibility index (Phi) is 3.98. The number of esters is 1. The summed E-state index contributed by atoms with van der Waals surface area (Å²) in [4.78, 5) is 21.8. The molecule has 0 aliphatic carbocycles. The molecule has 1 rings (SSSR count). The fraction of sp³-hybridized carbons (Fsp3) is 0.100. The number of benzene rings is 1. The number of hydrogen-bond acceptors (Lipinski definition) is 4. The fourth-order valence-corrected chi connectivity index (χ4v) is 0.881. The molecule has 1 amide bonds. The van der Waals surface area contributed by atoms with Crippen LogP contribution in [0.15, 0.2) is 24.3 Å². The monoisotopic (exact) mass is 222 g/mol. The average Bonchev–Trinajstić information content (AvgIpc) is 2.21. The molecule has 1 aromatic carbocycles. The van der Waals surface area contributed by atoms with Gasteiger partial charge in [0.1, 0.15) is 12.2 Å². The maximum atomic E-state index is 12.5. The highest BCUT2D eigenvalue weighted by atomic mass is 19.1. The number of nitriles is 1. The molecule has 0 aliphatic heterocycles. The molecule has 0 atom stereocenters. The van der Waals surface area contributed by atoms with E-state index in [1.807, 2.05) is 0 Å². The lowest BCUT2D eigenvalue weighted by atomic mass is 10.3. The lowest BCUT2D eigenvalue weighted by Gasteiger charge is -2.03. The second-order valence-corrected chi connectivity index (χ2v) is 2.73. The molecule has 82 valence electrons. The predicted molar refractivity (Wildman–Crippen MR) is 51.7 cm³/mol. The summed E-state index contributed by atoms with van der Waals surface area (Å²) in [7, 11) is 0. The molecule has 0 aliphatic rings. The summed E-state index contributed by atoms with van der Waals surface area (Å²) in [5, 5.41) is 10.3. The van der Waals surface area contributed by atoms with Crippen molar-refractivity contribution in [2.45, 2.75) is 6.42 Å². The van der Waals surface area contributed by atoms with E-state index < -0.39 is 24.3 Å². The smallest absolute Gasteiger partial charge is 0.375 e. The zero-order valence-electron chi connectivity index (χ0n) is 8.07. The number of nitrogens with zero attached hydrogens (tertiary/aromatic N) is 1. The minimum absolute atomic E-state index is 0.288. The van der Waals surface area contributed by atoms with Crippen molar-refractivity contribution in [3.63, 3.8) is 0 Å². The lowest BCUT2D eigenvalue weighted by Crippen LogP contribution is -2.17. The lowest BCUT2D eigenvalue weighted by molar-refractivity contribution is -0.135. The molecule has 0 unspecified atom stereocenters. The molecule has 16 heavy (non-hydrogen) atoms. The van der Waals surface area contributed by atoms with Gasteiger partial charge < -0.3 is 4.74 Å². The van der Waals surface area contributed by atoms with Gasteiger partial charge in [-0.3, -0.25) is 10.1 Å². The number of amides is 1. The Bertz CT molecular complexity index is 436. The summed E-state index contributed by atoms with van der Waals surface area (Å²) >= 11 is 0. The van der Waals surface area contributed by atoms with Gasteiger partial charge in [-0.2, -0.15) is 5.26 Å². The standard InChI is InChI=1S/C10H7FN2O3/c11-7-1-3-8(4-2-7)13-10(15)16-9(14)5-6-12/h1-4H,5H2,(H,13,15). The van der Waals surface area contributed by atoms with Crippen LogP contribution in [0.1, 0.15) is 6.42 Å². The number of hydrogen-bond donors (Lipinski definition) is 1. The molecule has 0 saturated carbocycles. The van der Waals surface area contributed by atoms with E-state index in [1.54, 1.807) is 6.07 Å². The van der Waals surface area contributed by atoms with Gasteiger partial charge in [0.25, 0.3) is 0 Å². The minimum atomic E-state index is -1.01. The number of rotatable bonds is 2. The predicted octanol–water partition coefficient (Wildman–Crippen LogP) is 1.81. The largest absolute Gasteiger partial charge is 0.419 e. The molecule has 0 fully saturated rings. The molecule has 1 N–H and O–H groups in total. The summed E-state index contributed by atoms with van der Waals surface area (Å²) < 4.78 is 16.7. The van der Waals surface area contributed by atoms with Gasteiger partial charge in [-0.05, 0) is 24.3 Å². The number of halogens is 1. The van der Waals surface area contributed by atoms with Crippen LogP contribution in [-0.2, 0) is 9.53 Å². The number of anilines is 1. The summed E-state index contributed by atoms with van der Waals surface area (Å²) in [5.41, 5.74) is 0.288. The maximum absolute atomic E-state index is 12.5. The Morgan fingerprint density at radius 2 is 2.00 bits per heavy atom. The quantitative estimate of drug-likeness (QED) is 0.611. The molecule has 1 aromatic rings. The van der Waals surface area contributed by atoms with Crippen LogP contribution in [0.3, 0.4) is 0 Å². The molecule has 6 heteroatoms. The third-order valence-corrected chi connectivity index (χ3v) is 1.52. The first-order valence-corrected chi connectivity index (χ1v) is 4.26. The fourth-order valence-electron chi connectivity index (χ4n) is 0.881. The third kappa shape index (κ3) is 3.75. The maximum Gasteiger partial charge on any atom is 0.419 e. The summed E-state index contributed by atoms with van der Waals surface area (Å²) in [6, 6.07) is 6.45. The van der Waals surface area contributed by atoms with Gasteiger partial charge in [0, 0.05) is 5.69 Å². The first-order chi connectivity index (χ1) is 7.61. The Morgan fingerprint density at radius 1 is 1.38 bits per heavy atom. The number of carbonyl (C=O) groups excluding carboxylic acids is 2. The van der Waals surface area contributed by atoms with Crippen molar-refractivity contribution in [1.82, 2.24) is 0 Å². The Balaban J connectivity index is 2.49. The molecule has 0 aromatic heterocycles. The van der Waals surface area contributed by atoms with Gasteiger partial charge >= 0.3 is 12.1 Å². The van der Waals surface area contributed by atoms with Crippen LogP contribution in [0.4, 0.5) is 14.9 Å². The van der Waals surface area contributed by atoms with Crippen LogP contribution < -0.4 is 5.32 Å². The van der Waals surface area contributed by atoms with Gasteiger partial charge in [0.15, 0.2) is 0 Å². The van der Waals surface area contributed by atoms with Crippen LogP contribution in [-0.4, -0.2) is 12.1 Å². The van der Waals surface area contributed by atoms with E-state index in [1.165, 1.54) is 12.1 Å². The summed E-state index contributed by atoms with van der Waals surface area (Å²) in [5.74, 6) is -1.39. The van der Waals surface area contributed by atoms with Crippen molar-refractivity contribution in [3.05, 3.63) is 30.1 Å². The van der Waals surface area contributed by atoms with E-state index in [9.17, 15) is 14.0 Å². The SMILES string of the molecule is N#CCC(=O)OC(=O)Nc1ccc(F)cc1. The van der Waals surface area contributed by atoms with E-state index >= 15 is 0 Å². The number of carbonyl (C=O) groups is 2. The Labute approximate surface area is 90.4 Å². The van der Waals surface area contributed by atoms with Crippen molar-refractivity contribution >= 4 is 17.7 Å². The van der Waals surface area contributed by atoms with Crippen molar-refractivity contribution in [2.75, 3.05) is 5.32 Å². The molecule has 0 bridgehead atoms. The van der Waals surface area contributed by atoms with E-state index in [-0.39, 0.29) is 5.69 Å². The van der Waals surface area contributed by atoms with Crippen molar-refractivity contribution in [1.29, 1.82) is 5.26 Å². The van der Waals surface area contributed by atoms with Crippen LogP contribution in [0, 0.1) is 17.1 Å². The van der Waals surface area contributed by atoms with Gasteiger partial charge in [0.05, 0.1) is 6.07 Å². The van der Waals surface area contributed by atoms with Crippen LogP contribution >= 0.6 is 0 Å². The molecule has 0 heterocycles. The highest BCUT2D eigenvalue weighted by Crippen LogP contribution is 2.08. The molecule has 0 spiro atoms. The minimum Gasteiger partial charge on any atom is -0.375 e. The number of nitrogens with one attached hydrogen (secondary N) is 1. The molecule has 0 radical (unpaired) electrons. The normalized spacial score (nSPS) is 9.00. The van der Waals surface area contributed by atoms with Gasteiger partial charge in [-0.1, -0.05) is 0 Å². The van der Waals surface area contributed by atoms with E-state index in [4.69, 9.17) is 5.26 Å². The van der Waals surface area contributed by atoms with E-state index in [0.29, 0.717) is 0 Å². The van der Waals surface area contributed by atoms with E-state index in [0.717, 1.165) is 12.1 Å². The Hall–Kier alpha value is -2.42. The van der Waals surface area contributed by atoms with Gasteiger partial charge in [-0.15, -0.1) is 0 Å². The van der Waals surface area contributed by atoms with Crippen molar-refractivity contribution < 1.29 is 18.7 Å². The van der Waals surface area contributed by atoms with Crippen molar-refractivity contribution in [2.24, 2.45) is 0 Å². The topological polar surface area (TPSA) is 79.2 Å². The van der Waals surface area contributed by atoms with Crippen LogP contribution in [0.5, 0.6) is 0 Å². The molecule has 0 saturated heterocycles. The van der Waals surface area contributed by atoms with Crippen molar-refractivity contribution in [3.8, 4) is 6.07 Å². The summed E-state index contributed by atoms with van der Waals surface area (Å²) in [6.07, 6.45) is -1.51. The zero-order chi connectivity index (χ0) is 12.0. The highest BCUT2D eigenvalue weighted by molar-refractivity contribution is 5.93. The number of ether oxygens (including phenoxy) is 1. The second-order valence-electron chi connectivity index (χ2n) is 2.73. The van der Waals surface area contributed by atoms with Crippen LogP contribution in [0.25, 0.3) is 0 Å². The summed E-state index contributed by atoms with van der Waals surface area (Å²) in [6.45, 7) is 0. The highest BCUT2D eigenvalue weighted by Gasteiger charge is 2.09. The van der Waals surface area contributed by atoms with Crippen LogP contribution in [0.2, 0.25) is 0 Å². The molecular formula is C10H7FN2O3. The van der Waals surface area contributed by atoms with Gasteiger partial charge in [-0.25, -0.2) is 9.18 Å². The zero-order valence-corrected chi connectivity index (χ0v) is 8.07.